The lowest BCUT2D eigenvalue weighted by atomic mass is 9.78. The Labute approximate surface area is 856 Å². The predicted molar refractivity (Wildman–Crippen MR) is 596 cm³/mol. The molecule has 0 N–H and O–H groups in total. The Bertz CT molecular complexity index is 5770. The monoisotopic (exact) mass is 2010 g/mol. The summed E-state index contributed by atoms with van der Waals surface area (Å²) < 4.78 is 8.12. The van der Waals surface area contributed by atoms with Gasteiger partial charge >= 0.3 is 0 Å². The fourth-order valence-electron chi connectivity index (χ4n) is 21.1. The maximum absolute atomic E-state index is 16.4. The molecule has 0 fully saturated rings. The Kier molecular flexibility index (Phi) is 37.5. The zero-order chi connectivity index (χ0) is 95.8. The predicted octanol–water partition coefficient (Wildman–Crippen LogP) is 37.8. The maximum Gasteiger partial charge on any atom is 0.261 e. The number of carbonyl (C=O) groups is 4. The minimum atomic E-state index is -0.620. The molecule has 10 aromatic heterocycles. The molecule has 5 aliphatic heterocycles. The van der Waals surface area contributed by atoms with Crippen molar-refractivity contribution in [1.29, 1.82) is 0 Å². The molecule has 6 atom stereocenters. The molecule has 4 amide bonds. The van der Waals surface area contributed by atoms with Crippen molar-refractivity contribution in [1.82, 2.24) is 19.6 Å². The van der Waals surface area contributed by atoms with Crippen LogP contribution in [0, 0.1) is 47.3 Å². The lowest BCUT2D eigenvalue weighted by molar-refractivity contribution is -0.124. The van der Waals surface area contributed by atoms with Gasteiger partial charge in [0.05, 0.1) is 74.3 Å². The minimum Gasteiger partial charge on any atom is -0.481 e. The normalized spacial score (nSPS) is 17.0. The van der Waals surface area contributed by atoms with Crippen LogP contribution in [0.1, 0.15) is 364 Å². The first-order valence-corrected chi connectivity index (χ1v) is 61.3. The van der Waals surface area contributed by atoms with Gasteiger partial charge in [-0.2, -0.15) is 0 Å². The second-order valence-corrected chi connectivity index (χ2v) is 52.0. The van der Waals surface area contributed by atoms with Gasteiger partial charge in [-0.15, -0.1) is 113 Å². The molecule has 5 aliphatic rings. The van der Waals surface area contributed by atoms with Gasteiger partial charge in [0.2, 0.25) is 0 Å². The number of nitrogens with zero attached hydrogens (tertiary/aromatic N) is 4. The zero-order valence-corrected chi connectivity index (χ0v) is 92.9. The molecule has 0 saturated carbocycles. The van der Waals surface area contributed by atoms with Gasteiger partial charge in [0.1, 0.15) is 11.4 Å². The number of hydrogen-bond donors (Lipinski definition) is 0. The average molecular weight is 2020 g/mol. The lowest BCUT2D eigenvalue weighted by Crippen LogP contribution is -2.36. The van der Waals surface area contributed by atoms with Crippen LogP contribution in [0.15, 0.2) is 131 Å². The van der Waals surface area contributed by atoms with Gasteiger partial charge in [-0.05, 0) is 228 Å². The van der Waals surface area contributed by atoms with E-state index in [4.69, 9.17) is 4.74 Å². The van der Waals surface area contributed by atoms with Gasteiger partial charge in [0, 0.05) is 106 Å². The van der Waals surface area contributed by atoms with Crippen molar-refractivity contribution in [3.63, 3.8) is 0 Å². The topological polar surface area (TPSA) is 90.5 Å². The molecule has 9 nitrogen and oxygen atoms in total. The fraction of sp³-hybridized carbons (Fsp3) is 0.556. The summed E-state index contributed by atoms with van der Waals surface area (Å²) in [5.74, 6) is 4.15. The van der Waals surface area contributed by atoms with Crippen molar-refractivity contribution in [2.75, 3.05) is 26.2 Å². The highest BCUT2D eigenvalue weighted by Gasteiger charge is 2.53. The molecule has 15 heterocycles. The fourth-order valence-corrected chi connectivity index (χ4v) is 32.4. The van der Waals surface area contributed by atoms with Crippen LogP contribution < -0.4 is 4.74 Å². The molecule has 0 aromatic carbocycles. The van der Waals surface area contributed by atoms with Crippen molar-refractivity contribution < 1.29 is 23.9 Å². The summed E-state index contributed by atoms with van der Waals surface area (Å²) in [6.45, 7) is 39.3. The molecule has 136 heavy (non-hydrogen) atoms. The number of rotatable bonds is 58. The summed E-state index contributed by atoms with van der Waals surface area (Å²) >= 11 is 18.2. The lowest BCUT2D eigenvalue weighted by Gasteiger charge is -2.39. The molecule has 0 radical (unpaired) electrons. The standard InChI is InChI=1S/C117H154N4O5S10/c1-17-27-33-35-47-83-49-51-87(127-83)89-53-55-91(129-89)93-57-61-97(131-93)107-103-105(115(124)118(107)71-79(23-7)43-29-19-3)109(120(113(103)122)73-81(25-9)45-31-21-5)99-63-59-95(133-99)101-69-85-111(135-101)112-86(126-117(85,67-65-77(15)41-37-39-75(11)12)68-66-78(16)42-38-40-76(13)14)70-102(136-112)96-60-64-100(134-96)110-106-104(114(123)121(110)74-82(26-10)46-32-22-6)108(119(116(106)125)72-80(24-8)44-30-20-4)98-62-58-94(132-98)92-56-54-90(130-92)88-52-50-84(128-88)48-36-34-28-18-2/h49-64,69-70,75-82H,17-48,65-68,71-74H2,1-16H3. The first-order valence-electron chi connectivity index (χ1n) is 53.1. The Morgan fingerprint density at radius 3 is 0.860 bits per heavy atom. The van der Waals surface area contributed by atoms with Crippen molar-refractivity contribution in [2.24, 2.45) is 47.3 Å². The quantitative estimate of drug-likeness (QED) is 0.0354. The van der Waals surface area contributed by atoms with Crippen LogP contribution in [0.5, 0.6) is 5.75 Å². The molecule has 15 rings (SSSR count). The number of carbonyl (C=O) groups excluding carboxylic acids is 4. The summed E-state index contributed by atoms with van der Waals surface area (Å²) in [5.41, 5.74) is 6.09. The summed E-state index contributed by atoms with van der Waals surface area (Å²) in [6.07, 6.45) is 39.9. The SMILES string of the molecule is CCCCCCc1ccc(-c2ccc(-c3ccc(C4=C5C(=O)N(CC(CC)CCCC)C(c6ccc(-c7cc8c(s7)-c7sc(-c9ccc(C%10=C%11C(=O)N(CC(CC)CCCC)C(c%12ccc(-c%13ccc(-c%14ccc(CCCCCC)s%14)s%13)s%12)=C%11C(=O)N%10CC(CC)CCCC)s9)cc7C(CCC(C)CCCC(C)C)(CCC(C)CCCC(C)C)O8)s6)=C5C(=O)N4CC(CC)CCCC)s3)s2)s1. The van der Waals surface area contributed by atoms with Gasteiger partial charge in [-0.1, -0.05) is 265 Å². The Balaban J connectivity index is 0.838. The highest BCUT2D eigenvalue weighted by molar-refractivity contribution is 7.30. The zero-order valence-electron chi connectivity index (χ0n) is 84.7. The van der Waals surface area contributed by atoms with E-state index in [1.807, 2.05) is 68.0 Å². The van der Waals surface area contributed by atoms with E-state index in [9.17, 15) is 0 Å². The molecular weight excluding hydrogens is 1860 g/mol. The van der Waals surface area contributed by atoms with E-state index in [0.717, 1.165) is 219 Å². The first kappa shape index (κ1) is 104. The molecule has 0 spiro atoms. The van der Waals surface area contributed by atoms with Crippen LogP contribution in [0.3, 0.4) is 0 Å². The number of fused-ring (bicyclic) bond motifs is 5. The number of hydrogen-bond acceptors (Lipinski definition) is 15. The van der Waals surface area contributed by atoms with E-state index in [1.54, 1.807) is 45.3 Å². The number of thiophene rings is 10. The third-order valence-corrected chi connectivity index (χ3v) is 42.1. The molecule has 6 unspecified atom stereocenters. The summed E-state index contributed by atoms with van der Waals surface area (Å²) in [5, 5.41) is 0. The minimum absolute atomic E-state index is 0.0439. The molecule has 19 heteroatoms. The van der Waals surface area contributed by atoms with Crippen LogP contribution in [0.2, 0.25) is 0 Å². The van der Waals surface area contributed by atoms with Crippen molar-refractivity contribution in [3.05, 3.63) is 166 Å². The average Bonchev–Trinajstić information content (AvgIpc) is 1.55. The van der Waals surface area contributed by atoms with Gasteiger partial charge in [-0.25, -0.2) is 0 Å². The number of ether oxygens (including phenoxy) is 1. The van der Waals surface area contributed by atoms with E-state index < -0.39 is 5.60 Å². The maximum atomic E-state index is 16.4. The van der Waals surface area contributed by atoms with E-state index in [1.165, 1.54) is 144 Å². The van der Waals surface area contributed by atoms with Gasteiger partial charge < -0.3 is 24.3 Å². The largest absolute Gasteiger partial charge is 0.481 e. The summed E-state index contributed by atoms with van der Waals surface area (Å²) in [7, 11) is 0. The van der Waals surface area contributed by atoms with Crippen LogP contribution in [0.4, 0.5) is 0 Å². The second-order valence-electron chi connectivity index (χ2n) is 41.1. The second kappa shape index (κ2) is 49.1. The third kappa shape index (κ3) is 23.9. The summed E-state index contributed by atoms with van der Waals surface area (Å²) in [6, 6.07) is 41.2. The molecule has 732 valence electrons. The van der Waals surface area contributed by atoms with E-state index in [2.05, 4.69) is 240 Å². The molecule has 10 aromatic rings. The summed E-state index contributed by atoms with van der Waals surface area (Å²) in [4.78, 5) is 97.4. The smallest absolute Gasteiger partial charge is 0.261 e. The molecular formula is C117H154N4O5S10. The Morgan fingerprint density at radius 2 is 0.551 bits per heavy atom. The van der Waals surface area contributed by atoms with Crippen molar-refractivity contribution in [2.45, 2.75) is 348 Å². The van der Waals surface area contributed by atoms with E-state index in [-0.39, 0.29) is 47.3 Å². The van der Waals surface area contributed by atoms with Crippen molar-refractivity contribution >= 4 is 160 Å². The highest BCUT2D eigenvalue weighted by atomic mass is 32.1. The molecule has 0 bridgehead atoms. The van der Waals surface area contributed by atoms with Crippen molar-refractivity contribution in [3.8, 4) is 74.0 Å². The number of amides is 4. The Hall–Kier alpha value is -6.36. The van der Waals surface area contributed by atoms with E-state index >= 15 is 19.2 Å². The highest BCUT2D eigenvalue weighted by Crippen LogP contribution is 2.62. The van der Waals surface area contributed by atoms with Crippen LogP contribution in [0.25, 0.3) is 91.1 Å². The van der Waals surface area contributed by atoms with Gasteiger partial charge in [0.25, 0.3) is 23.6 Å². The van der Waals surface area contributed by atoms with Gasteiger partial charge in [0.15, 0.2) is 0 Å². The number of aryl methyl sites for hydroxylation is 2. The van der Waals surface area contributed by atoms with Crippen LogP contribution >= 0.6 is 113 Å². The van der Waals surface area contributed by atoms with Gasteiger partial charge in [-0.3, -0.25) is 19.2 Å². The third-order valence-electron chi connectivity index (χ3n) is 29.7. The molecule has 0 saturated heterocycles. The number of unbranched alkanes of at least 4 members (excludes halogenated alkanes) is 10. The molecule has 0 aliphatic carbocycles. The van der Waals surface area contributed by atoms with Crippen LogP contribution in [-0.4, -0.2) is 69.4 Å². The Morgan fingerprint density at radius 1 is 0.272 bits per heavy atom. The van der Waals surface area contributed by atoms with Crippen LogP contribution in [-0.2, 0) is 37.6 Å². The first-order chi connectivity index (χ1) is 66.1. The van der Waals surface area contributed by atoms with E-state index in [0.29, 0.717) is 72.1 Å².